The predicted octanol–water partition coefficient (Wildman–Crippen LogP) is 3.74. The van der Waals surface area contributed by atoms with E-state index in [-0.39, 0.29) is 5.54 Å². The van der Waals surface area contributed by atoms with Crippen LogP contribution in [-0.2, 0) is 13.1 Å². The van der Waals surface area contributed by atoms with E-state index >= 15 is 0 Å². The number of anilines is 2. The average molecular weight is 362 g/mol. The Labute approximate surface area is 152 Å². The zero-order valence-electron chi connectivity index (χ0n) is 13.9. The van der Waals surface area contributed by atoms with Crippen molar-refractivity contribution in [2.24, 2.45) is 0 Å². The molecular formula is C17H20ClN5S. The van der Waals surface area contributed by atoms with E-state index in [1.165, 1.54) is 11.1 Å². The van der Waals surface area contributed by atoms with Gasteiger partial charge in [0.15, 0.2) is 5.11 Å². The van der Waals surface area contributed by atoms with Crippen molar-refractivity contribution in [1.29, 1.82) is 0 Å². The summed E-state index contributed by atoms with van der Waals surface area (Å²) in [7, 11) is 0. The van der Waals surface area contributed by atoms with Gasteiger partial charge in [0.05, 0.1) is 0 Å². The van der Waals surface area contributed by atoms with E-state index in [1.54, 1.807) is 6.07 Å². The molecule has 0 amide bonds. The molecule has 0 saturated carbocycles. The SMILES string of the molecule is CC(C)(C)NC(=S)Nc1nc(Cl)cc(N2Cc3ccccc3C2)n1. The zero-order chi connectivity index (χ0) is 17.3. The van der Waals surface area contributed by atoms with Crippen molar-refractivity contribution in [3.63, 3.8) is 0 Å². The van der Waals surface area contributed by atoms with E-state index in [0.717, 1.165) is 18.9 Å². The number of hydrogen-bond acceptors (Lipinski definition) is 4. The van der Waals surface area contributed by atoms with Gasteiger partial charge in [0.1, 0.15) is 11.0 Å². The Morgan fingerprint density at radius 3 is 2.38 bits per heavy atom. The third kappa shape index (κ3) is 4.13. The molecule has 24 heavy (non-hydrogen) atoms. The molecule has 2 N–H and O–H groups in total. The number of fused-ring (bicyclic) bond motifs is 1. The van der Waals surface area contributed by atoms with Gasteiger partial charge in [-0.15, -0.1) is 0 Å². The van der Waals surface area contributed by atoms with E-state index in [9.17, 15) is 0 Å². The number of nitrogens with zero attached hydrogens (tertiary/aromatic N) is 3. The van der Waals surface area contributed by atoms with Gasteiger partial charge in [0.25, 0.3) is 0 Å². The summed E-state index contributed by atoms with van der Waals surface area (Å²) in [5, 5.41) is 7.04. The second-order valence-electron chi connectivity index (χ2n) is 6.83. The summed E-state index contributed by atoms with van der Waals surface area (Å²) in [6, 6.07) is 10.2. The molecule has 126 valence electrons. The lowest BCUT2D eigenvalue weighted by Crippen LogP contribution is -2.43. The van der Waals surface area contributed by atoms with E-state index < -0.39 is 0 Å². The summed E-state index contributed by atoms with van der Waals surface area (Å²) < 4.78 is 0. The van der Waals surface area contributed by atoms with Crippen LogP contribution in [0.4, 0.5) is 11.8 Å². The second-order valence-corrected chi connectivity index (χ2v) is 7.62. The van der Waals surface area contributed by atoms with Gasteiger partial charge >= 0.3 is 0 Å². The van der Waals surface area contributed by atoms with Crippen molar-refractivity contribution in [2.75, 3.05) is 10.2 Å². The maximum absolute atomic E-state index is 6.17. The van der Waals surface area contributed by atoms with Gasteiger partial charge in [-0.05, 0) is 44.1 Å². The normalized spacial score (nSPS) is 13.6. The highest BCUT2D eigenvalue weighted by Crippen LogP contribution is 2.28. The van der Waals surface area contributed by atoms with Crippen LogP contribution in [-0.4, -0.2) is 20.6 Å². The number of thiocarbonyl (C=S) groups is 1. The summed E-state index contributed by atoms with van der Waals surface area (Å²) in [6.45, 7) is 7.73. The van der Waals surface area contributed by atoms with Crippen molar-refractivity contribution in [2.45, 2.75) is 39.4 Å². The van der Waals surface area contributed by atoms with Crippen LogP contribution in [0.3, 0.4) is 0 Å². The van der Waals surface area contributed by atoms with Crippen molar-refractivity contribution in [1.82, 2.24) is 15.3 Å². The van der Waals surface area contributed by atoms with E-state index in [1.807, 2.05) is 20.8 Å². The molecule has 0 unspecified atom stereocenters. The lowest BCUT2D eigenvalue weighted by atomic mass is 10.1. The molecule has 0 spiro atoms. The highest BCUT2D eigenvalue weighted by atomic mass is 35.5. The van der Waals surface area contributed by atoms with Crippen molar-refractivity contribution in [3.8, 4) is 0 Å². The fraction of sp³-hybridized carbons (Fsp3) is 0.353. The molecule has 0 saturated heterocycles. The smallest absolute Gasteiger partial charge is 0.232 e. The average Bonchev–Trinajstić information content (AvgIpc) is 2.88. The van der Waals surface area contributed by atoms with Gasteiger partial charge < -0.3 is 15.5 Å². The first-order valence-electron chi connectivity index (χ1n) is 7.76. The Morgan fingerprint density at radius 2 is 1.79 bits per heavy atom. The minimum atomic E-state index is -0.137. The predicted molar refractivity (Wildman–Crippen MR) is 102 cm³/mol. The second kappa shape index (κ2) is 6.53. The topological polar surface area (TPSA) is 53.1 Å². The molecule has 3 rings (SSSR count). The molecule has 1 aliphatic heterocycles. The van der Waals surface area contributed by atoms with Crippen LogP contribution >= 0.6 is 23.8 Å². The van der Waals surface area contributed by atoms with Crippen molar-refractivity contribution < 1.29 is 0 Å². The number of hydrogen-bond donors (Lipinski definition) is 2. The maximum Gasteiger partial charge on any atom is 0.232 e. The van der Waals surface area contributed by atoms with Gasteiger partial charge in [-0.1, -0.05) is 35.9 Å². The summed E-state index contributed by atoms with van der Waals surface area (Å²) in [6.07, 6.45) is 0. The van der Waals surface area contributed by atoms with Gasteiger partial charge in [-0.25, -0.2) is 4.98 Å². The molecular weight excluding hydrogens is 342 g/mol. The van der Waals surface area contributed by atoms with Crippen LogP contribution in [0.25, 0.3) is 0 Å². The third-order valence-electron chi connectivity index (χ3n) is 3.56. The molecule has 1 aromatic heterocycles. The van der Waals surface area contributed by atoms with Crippen molar-refractivity contribution >= 4 is 40.7 Å². The summed E-state index contributed by atoms with van der Waals surface area (Å²) in [5.41, 5.74) is 2.49. The van der Waals surface area contributed by atoms with Crippen molar-refractivity contribution in [3.05, 3.63) is 46.6 Å². The van der Waals surface area contributed by atoms with E-state index in [4.69, 9.17) is 23.8 Å². The van der Waals surface area contributed by atoms with Crippen LogP contribution < -0.4 is 15.5 Å². The lowest BCUT2D eigenvalue weighted by Gasteiger charge is -2.23. The lowest BCUT2D eigenvalue weighted by molar-refractivity contribution is 0.514. The molecule has 1 aliphatic rings. The molecule has 2 aromatic rings. The fourth-order valence-corrected chi connectivity index (χ4v) is 3.17. The monoisotopic (exact) mass is 361 g/mol. The van der Waals surface area contributed by atoms with Gasteiger partial charge in [0.2, 0.25) is 5.95 Å². The Morgan fingerprint density at radius 1 is 1.17 bits per heavy atom. The number of halogens is 1. The Balaban J connectivity index is 1.77. The number of nitrogens with one attached hydrogen (secondary N) is 2. The number of rotatable bonds is 2. The molecule has 0 bridgehead atoms. The molecule has 0 atom stereocenters. The zero-order valence-corrected chi connectivity index (χ0v) is 15.5. The van der Waals surface area contributed by atoms with Gasteiger partial charge in [-0.3, -0.25) is 0 Å². The molecule has 5 nitrogen and oxygen atoms in total. The summed E-state index contributed by atoms with van der Waals surface area (Å²) in [4.78, 5) is 10.9. The molecule has 0 aliphatic carbocycles. The first-order chi connectivity index (χ1) is 11.3. The molecule has 2 heterocycles. The van der Waals surface area contributed by atoms with E-state index in [2.05, 4.69) is 49.8 Å². The van der Waals surface area contributed by atoms with E-state index in [0.29, 0.717) is 16.2 Å². The summed E-state index contributed by atoms with van der Waals surface area (Å²) in [5.74, 6) is 1.18. The minimum Gasteiger partial charge on any atom is -0.358 e. The van der Waals surface area contributed by atoms with Gasteiger partial charge in [-0.2, -0.15) is 4.98 Å². The maximum atomic E-state index is 6.17. The highest BCUT2D eigenvalue weighted by Gasteiger charge is 2.21. The fourth-order valence-electron chi connectivity index (χ4n) is 2.59. The Hall–Kier alpha value is -1.92. The van der Waals surface area contributed by atoms with Crippen LogP contribution in [0, 0.1) is 0 Å². The standard InChI is InChI=1S/C17H20ClN5S/c1-17(2,3)22-16(24)21-15-19-13(18)8-14(20-15)23-9-11-6-4-5-7-12(11)10-23/h4-8H,9-10H2,1-3H3,(H2,19,20,21,22,24). The number of benzene rings is 1. The van der Waals surface area contributed by atoms with Crippen LogP contribution in [0.2, 0.25) is 5.15 Å². The molecule has 0 radical (unpaired) electrons. The van der Waals surface area contributed by atoms with Gasteiger partial charge in [0, 0.05) is 24.7 Å². The minimum absolute atomic E-state index is 0.137. The largest absolute Gasteiger partial charge is 0.358 e. The third-order valence-corrected chi connectivity index (χ3v) is 3.96. The molecule has 1 aromatic carbocycles. The quantitative estimate of drug-likeness (QED) is 0.628. The molecule has 0 fully saturated rings. The highest BCUT2D eigenvalue weighted by molar-refractivity contribution is 7.80. The first-order valence-corrected chi connectivity index (χ1v) is 8.54. The Bertz CT molecular complexity index is 747. The first kappa shape index (κ1) is 16.9. The van der Waals surface area contributed by atoms with Crippen LogP contribution in [0.1, 0.15) is 31.9 Å². The summed E-state index contributed by atoms with van der Waals surface area (Å²) >= 11 is 11.5. The Kier molecular flexibility index (Phi) is 4.60. The number of aromatic nitrogens is 2. The molecule has 7 heteroatoms. The van der Waals surface area contributed by atoms with Crippen LogP contribution in [0.5, 0.6) is 0 Å². The van der Waals surface area contributed by atoms with Crippen LogP contribution in [0.15, 0.2) is 30.3 Å².